The number of Topliss-reactive ketones (excluding diaryl/α,β-unsaturated/α-hetero) is 1. The minimum Gasteiger partial charge on any atom is -0.345 e. The molecular weight excluding hydrogens is 222 g/mol. The molecule has 1 saturated carbocycles. The molecule has 0 spiro atoms. The van der Waals surface area contributed by atoms with Crippen LogP contribution >= 0.6 is 11.6 Å². The van der Waals surface area contributed by atoms with E-state index >= 15 is 0 Å². The quantitative estimate of drug-likeness (QED) is 0.583. The fourth-order valence-electron chi connectivity index (χ4n) is 2.86. The van der Waals surface area contributed by atoms with Gasteiger partial charge in [-0.1, -0.05) is 12.8 Å². The molecule has 0 aromatic carbocycles. The topological polar surface area (TPSA) is 22.0 Å². The monoisotopic (exact) mass is 239 g/mol. The molecule has 0 bridgehead atoms. The lowest BCUT2D eigenvalue weighted by atomic mass is 10.2. The van der Waals surface area contributed by atoms with Crippen molar-refractivity contribution in [2.45, 2.75) is 45.6 Å². The van der Waals surface area contributed by atoms with Crippen molar-refractivity contribution in [2.24, 2.45) is 0 Å². The van der Waals surface area contributed by atoms with Crippen molar-refractivity contribution >= 4 is 17.4 Å². The molecule has 88 valence electrons. The second-order valence-corrected chi connectivity index (χ2v) is 4.92. The average molecular weight is 240 g/mol. The van der Waals surface area contributed by atoms with Crippen LogP contribution in [0.2, 0.25) is 0 Å². The Kier molecular flexibility index (Phi) is 3.38. The molecular formula is C13H18ClNO. The lowest BCUT2D eigenvalue weighted by Gasteiger charge is -2.17. The standard InChI is InChI=1S/C13H18ClNO/c1-9-7-12(13(16)8-14)10(2)15(9)11-5-3-4-6-11/h7,11H,3-6,8H2,1-2H3. The van der Waals surface area contributed by atoms with Crippen LogP contribution in [-0.4, -0.2) is 16.2 Å². The van der Waals surface area contributed by atoms with Gasteiger partial charge in [0.1, 0.15) is 0 Å². The number of hydrogen-bond acceptors (Lipinski definition) is 1. The van der Waals surface area contributed by atoms with Crippen LogP contribution < -0.4 is 0 Å². The van der Waals surface area contributed by atoms with E-state index in [1.165, 1.54) is 31.4 Å². The summed E-state index contributed by atoms with van der Waals surface area (Å²) >= 11 is 5.62. The second kappa shape index (κ2) is 4.62. The Labute approximate surface area is 102 Å². The number of hydrogen-bond donors (Lipinski definition) is 0. The zero-order valence-corrected chi connectivity index (χ0v) is 10.7. The summed E-state index contributed by atoms with van der Waals surface area (Å²) in [4.78, 5) is 11.7. The van der Waals surface area contributed by atoms with E-state index in [1.54, 1.807) is 0 Å². The average Bonchev–Trinajstić information content (AvgIpc) is 2.86. The van der Waals surface area contributed by atoms with Crippen molar-refractivity contribution in [3.8, 4) is 0 Å². The molecule has 1 fully saturated rings. The van der Waals surface area contributed by atoms with Gasteiger partial charge in [-0.2, -0.15) is 0 Å². The molecule has 2 rings (SSSR count). The number of aromatic nitrogens is 1. The maximum Gasteiger partial charge on any atom is 0.179 e. The van der Waals surface area contributed by atoms with E-state index in [0.29, 0.717) is 6.04 Å². The van der Waals surface area contributed by atoms with Crippen molar-refractivity contribution in [3.63, 3.8) is 0 Å². The molecule has 16 heavy (non-hydrogen) atoms. The predicted octanol–water partition coefficient (Wildman–Crippen LogP) is 3.64. The van der Waals surface area contributed by atoms with Gasteiger partial charge in [0.05, 0.1) is 5.88 Å². The molecule has 1 aliphatic carbocycles. The molecule has 0 aliphatic heterocycles. The first-order chi connectivity index (χ1) is 7.65. The Morgan fingerprint density at radius 3 is 2.62 bits per heavy atom. The number of aryl methyl sites for hydroxylation is 1. The molecule has 0 radical (unpaired) electrons. The van der Waals surface area contributed by atoms with Gasteiger partial charge in [-0.25, -0.2) is 0 Å². The first kappa shape index (κ1) is 11.7. The number of halogens is 1. The molecule has 2 nitrogen and oxygen atoms in total. The molecule has 1 aliphatic rings. The van der Waals surface area contributed by atoms with Gasteiger partial charge in [-0.05, 0) is 32.8 Å². The molecule has 0 amide bonds. The van der Waals surface area contributed by atoms with Crippen molar-refractivity contribution in [1.82, 2.24) is 4.57 Å². The summed E-state index contributed by atoms with van der Waals surface area (Å²) in [6, 6.07) is 2.58. The molecule has 1 aromatic heterocycles. The minimum absolute atomic E-state index is 0.0408. The third kappa shape index (κ3) is 1.91. The number of rotatable bonds is 3. The smallest absolute Gasteiger partial charge is 0.179 e. The minimum atomic E-state index is 0.0408. The van der Waals surface area contributed by atoms with Gasteiger partial charge < -0.3 is 4.57 Å². The number of carbonyl (C=O) groups excluding carboxylic acids is 1. The Balaban J connectivity index is 2.38. The van der Waals surface area contributed by atoms with E-state index in [9.17, 15) is 4.79 Å². The maximum atomic E-state index is 11.7. The molecule has 1 aromatic rings. The van der Waals surface area contributed by atoms with Crippen LogP contribution in [-0.2, 0) is 0 Å². The number of carbonyl (C=O) groups is 1. The van der Waals surface area contributed by atoms with E-state index in [1.807, 2.05) is 13.0 Å². The highest BCUT2D eigenvalue weighted by Crippen LogP contribution is 2.33. The van der Waals surface area contributed by atoms with Crippen molar-refractivity contribution in [2.75, 3.05) is 5.88 Å². The summed E-state index contributed by atoms with van der Waals surface area (Å²) in [6.45, 7) is 4.11. The SMILES string of the molecule is Cc1cc(C(=O)CCl)c(C)n1C1CCCC1. The van der Waals surface area contributed by atoms with E-state index in [0.717, 1.165) is 11.3 Å². The van der Waals surface area contributed by atoms with Crippen LogP contribution in [0, 0.1) is 13.8 Å². The van der Waals surface area contributed by atoms with E-state index in [4.69, 9.17) is 11.6 Å². The summed E-state index contributed by atoms with van der Waals surface area (Å²) in [6.07, 6.45) is 5.09. The van der Waals surface area contributed by atoms with Gasteiger partial charge in [0, 0.05) is 23.0 Å². The van der Waals surface area contributed by atoms with Gasteiger partial charge in [0.15, 0.2) is 5.78 Å². The highest BCUT2D eigenvalue weighted by atomic mass is 35.5. The lowest BCUT2D eigenvalue weighted by Crippen LogP contribution is -2.10. The molecule has 1 heterocycles. The molecule has 0 saturated heterocycles. The van der Waals surface area contributed by atoms with Crippen LogP contribution in [0.4, 0.5) is 0 Å². The molecule has 0 N–H and O–H groups in total. The summed E-state index contributed by atoms with van der Waals surface area (Å²) in [5.41, 5.74) is 3.09. The Bertz CT molecular complexity index is 402. The third-order valence-electron chi connectivity index (χ3n) is 3.60. The molecule has 0 unspecified atom stereocenters. The zero-order valence-electron chi connectivity index (χ0n) is 9.92. The lowest BCUT2D eigenvalue weighted by molar-refractivity contribution is 0.102. The Morgan fingerprint density at radius 2 is 2.06 bits per heavy atom. The van der Waals surface area contributed by atoms with E-state index < -0.39 is 0 Å². The van der Waals surface area contributed by atoms with Crippen LogP contribution in [0.5, 0.6) is 0 Å². The first-order valence-electron chi connectivity index (χ1n) is 5.92. The van der Waals surface area contributed by atoms with Crippen LogP contribution in [0.25, 0.3) is 0 Å². The number of nitrogens with zero attached hydrogens (tertiary/aromatic N) is 1. The van der Waals surface area contributed by atoms with E-state index in [2.05, 4.69) is 11.5 Å². The first-order valence-corrected chi connectivity index (χ1v) is 6.46. The Hall–Kier alpha value is -0.760. The van der Waals surface area contributed by atoms with Gasteiger partial charge >= 0.3 is 0 Å². The van der Waals surface area contributed by atoms with Gasteiger partial charge in [-0.15, -0.1) is 11.6 Å². The van der Waals surface area contributed by atoms with Gasteiger partial charge in [-0.3, -0.25) is 4.79 Å². The second-order valence-electron chi connectivity index (χ2n) is 4.65. The fourth-order valence-corrected chi connectivity index (χ4v) is 3.00. The predicted molar refractivity (Wildman–Crippen MR) is 66.5 cm³/mol. The Morgan fingerprint density at radius 1 is 1.44 bits per heavy atom. The normalized spacial score (nSPS) is 16.9. The summed E-state index contributed by atoms with van der Waals surface area (Å²) in [7, 11) is 0. The van der Waals surface area contributed by atoms with Gasteiger partial charge in [0.25, 0.3) is 0 Å². The number of alkyl halides is 1. The van der Waals surface area contributed by atoms with Gasteiger partial charge in [0.2, 0.25) is 0 Å². The van der Waals surface area contributed by atoms with Crippen molar-refractivity contribution in [3.05, 3.63) is 23.0 Å². The maximum absolute atomic E-state index is 11.7. The number of ketones is 1. The van der Waals surface area contributed by atoms with E-state index in [-0.39, 0.29) is 11.7 Å². The van der Waals surface area contributed by atoms with Crippen LogP contribution in [0.15, 0.2) is 6.07 Å². The molecule has 3 heteroatoms. The van der Waals surface area contributed by atoms with Crippen molar-refractivity contribution in [1.29, 1.82) is 0 Å². The van der Waals surface area contributed by atoms with Crippen LogP contribution in [0.3, 0.4) is 0 Å². The highest BCUT2D eigenvalue weighted by molar-refractivity contribution is 6.30. The van der Waals surface area contributed by atoms with Crippen LogP contribution in [0.1, 0.15) is 53.5 Å². The highest BCUT2D eigenvalue weighted by Gasteiger charge is 2.22. The molecule has 0 atom stereocenters. The summed E-state index contributed by atoms with van der Waals surface area (Å²) in [5.74, 6) is 0.119. The summed E-state index contributed by atoms with van der Waals surface area (Å²) < 4.78 is 2.33. The summed E-state index contributed by atoms with van der Waals surface area (Å²) in [5, 5.41) is 0. The zero-order chi connectivity index (χ0) is 11.7. The third-order valence-corrected chi connectivity index (χ3v) is 3.84. The largest absolute Gasteiger partial charge is 0.345 e. The fraction of sp³-hybridized carbons (Fsp3) is 0.615. The van der Waals surface area contributed by atoms with Crippen molar-refractivity contribution < 1.29 is 4.79 Å².